The summed E-state index contributed by atoms with van der Waals surface area (Å²) in [5.74, 6) is -2.75. The molecule has 0 radical (unpaired) electrons. The van der Waals surface area contributed by atoms with Crippen LogP contribution >= 0.6 is 0 Å². The van der Waals surface area contributed by atoms with Gasteiger partial charge in [0, 0.05) is 12.4 Å². The number of esters is 1. The number of aromatic nitrogens is 1. The number of hydrogen-bond donors (Lipinski definition) is 2. The van der Waals surface area contributed by atoms with Gasteiger partial charge in [0.25, 0.3) is 0 Å². The highest BCUT2D eigenvalue weighted by molar-refractivity contribution is 6.28. The summed E-state index contributed by atoms with van der Waals surface area (Å²) in [7, 11) is 0. The van der Waals surface area contributed by atoms with Crippen LogP contribution in [-0.4, -0.2) is 28.6 Å². The second kappa shape index (κ2) is 6.90. The summed E-state index contributed by atoms with van der Waals surface area (Å²) in [4.78, 5) is 22.4. The third-order valence-corrected chi connectivity index (χ3v) is 0.946. The summed E-state index contributed by atoms with van der Waals surface area (Å²) < 4.78 is 4.06. The van der Waals surface area contributed by atoms with Gasteiger partial charge in [0.15, 0.2) is 0 Å². The molecule has 5 heteroatoms. The number of carbonyl (C=O) groups excluding carboxylic acids is 1. The zero-order chi connectivity index (χ0) is 10.1. The van der Waals surface area contributed by atoms with E-state index in [0.717, 1.165) is 0 Å². The lowest BCUT2D eigenvalue weighted by atomic mass is 10.7. The standard InChI is InChI=1S/C4H5N.C4H6O4/c1-2-4-5-3-1;1-2-8-4(7)3(5)6/h1-5H;2H2,1H3,(H,5,6). The van der Waals surface area contributed by atoms with E-state index >= 15 is 0 Å². The number of ether oxygens (including phenoxy) is 1. The molecule has 0 aromatic carbocycles. The molecule has 1 rings (SSSR count). The monoisotopic (exact) mass is 185 g/mol. The van der Waals surface area contributed by atoms with Gasteiger partial charge in [-0.3, -0.25) is 0 Å². The van der Waals surface area contributed by atoms with E-state index in [1.54, 1.807) is 6.92 Å². The van der Waals surface area contributed by atoms with Crippen LogP contribution in [0.25, 0.3) is 0 Å². The summed E-state index contributed by atoms with van der Waals surface area (Å²) in [5, 5.41) is 7.84. The van der Waals surface area contributed by atoms with Crippen molar-refractivity contribution in [1.82, 2.24) is 4.98 Å². The largest absolute Gasteiger partial charge is 0.473 e. The number of H-pyrrole nitrogens is 1. The number of carboxylic acids is 1. The molecular formula is C8H11NO4. The van der Waals surface area contributed by atoms with E-state index in [2.05, 4.69) is 9.72 Å². The minimum absolute atomic E-state index is 0.102. The number of nitrogens with one attached hydrogen (secondary N) is 1. The predicted octanol–water partition coefficient (Wildman–Crippen LogP) is 0.649. The van der Waals surface area contributed by atoms with Gasteiger partial charge in [0.05, 0.1) is 6.61 Å². The summed E-state index contributed by atoms with van der Waals surface area (Å²) >= 11 is 0. The Labute approximate surface area is 75.3 Å². The Kier molecular flexibility index (Phi) is 5.96. The molecule has 0 saturated carbocycles. The van der Waals surface area contributed by atoms with Crippen LogP contribution in [0.1, 0.15) is 6.92 Å². The topological polar surface area (TPSA) is 79.4 Å². The molecule has 5 nitrogen and oxygen atoms in total. The molecule has 0 bridgehead atoms. The third kappa shape index (κ3) is 6.61. The fourth-order valence-electron chi connectivity index (χ4n) is 0.471. The third-order valence-electron chi connectivity index (χ3n) is 0.946. The molecule has 0 saturated heterocycles. The highest BCUT2D eigenvalue weighted by atomic mass is 16.6. The molecule has 72 valence electrons. The van der Waals surface area contributed by atoms with E-state index in [1.807, 2.05) is 24.5 Å². The highest BCUT2D eigenvalue weighted by Crippen LogP contribution is 1.74. The molecule has 0 amide bonds. The van der Waals surface area contributed by atoms with Gasteiger partial charge in [-0.25, -0.2) is 9.59 Å². The minimum Gasteiger partial charge on any atom is -0.473 e. The maximum Gasteiger partial charge on any atom is 0.417 e. The zero-order valence-corrected chi connectivity index (χ0v) is 7.19. The van der Waals surface area contributed by atoms with Crippen LogP contribution in [0.5, 0.6) is 0 Å². The van der Waals surface area contributed by atoms with Crippen LogP contribution in [-0.2, 0) is 14.3 Å². The fourth-order valence-corrected chi connectivity index (χ4v) is 0.471. The number of aliphatic carboxylic acids is 1. The summed E-state index contributed by atoms with van der Waals surface area (Å²) in [6.45, 7) is 1.64. The first-order valence-electron chi connectivity index (χ1n) is 3.66. The maximum absolute atomic E-state index is 9.92. The summed E-state index contributed by atoms with van der Waals surface area (Å²) in [5.41, 5.74) is 0. The van der Waals surface area contributed by atoms with Crippen molar-refractivity contribution in [1.29, 1.82) is 0 Å². The van der Waals surface area contributed by atoms with E-state index in [9.17, 15) is 9.59 Å². The van der Waals surface area contributed by atoms with Crippen LogP contribution in [0.4, 0.5) is 0 Å². The zero-order valence-electron chi connectivity index (χ0n) is 7.19. The molecule has 0 spiro atoms. The molecule has 2 N–H and O–H groups in total. The summed E-state index contributed by atoms with van der Waals surface area (Å²) in [6, 6.07) is 3.89. The Hall–Kier alpha value is -1.78. The van der Waals surface area contributed by atoms with Crippen molar-refractivity contribution in [2.24, 2.45) is 0 Å². The quantitative estimate of drug-likeness (QED) is 0.497. The number of rotatable bonds is 1. The molecule has 0 fully saturated rings. The lowest BCUT2D eigenvalue weighted by Crippen LogP contribution is -2.15. The van der Waals surface area contributed by atoms with Gasteiger partial charge in [-0.2, -0.15) is 0 Å². The van der Waals surface area contributed by atoms with Crippen molar-refractivity contribution < 1.29 is 19.4 Å². The number of carbonyl (C=O) groups is 2. The molecule has 0 aliphatic rings. The van der Waals surface area contributed by atoms with E-state index in [-0.39, 0.29) is 6.61 Å². The second-order valence-corrected chi connectivity index (χ2v) is 1.91. The van der Waals surface area contributed by atoms with Gasteiger partial charge < -0.3 is 14.8 Å². The first-order valence-corrected chi connectivity index (χ1v) is 3.66. The SMILES string of the molecule is CCOC(=O)C(=O)O.c1cc[nH]c1. The van der Waals surface area contributed by atoms with Gasteiger partial charge in [-0.15, -0.1) is 0 Å². The van der Waals surface area contributed by atoms with Crippen LogP contribution in [0.15, 0.2) is 24.5 Å². The number of carboxylic acid groups (broad SMARTS) is 1. The van der Waals surface area contributed by atoms with Gasteiger partial charge in [0.2, 0.25) is 0 Å². The molecule has 1 aromatic rings. The molecule has 0 unspecified atom stereocenters. The smallest absolute Gasteiger partial charge is 0.417 e. The van der Waals surface area contributed by atoms with Gasteiger partial charge in [0.1, 0.15) is 0 Å². The van der Waals surface area contributed by atoms with Crippen LogP contribution < -0.4 is 0 Å². The number of hydrogen-bond acceptors (Lipinski definition) is 3. The Balaban J connectivity index is 0.000000243. The minimum atomic E-state index is -1.55. The van der Waals surface area contributed by atoms with Crippen molar-refractivity contribution in [2.45, 2.75) is 6.92 Å². The van der Waals surface area contributed by atoms with E-state index in [4.69, 9.17) is 5.11 Å². The van der Waals surface area contributed by atoms with E-state index < -0.39 is 11.9 Å². The Bertz CT molecular complexity index is 225. The molecule has 1 aromatic heterocycles. The Morgan fingerprint density at radius 1 is 1.38 bits per heavy atom. The lowest BCUT2D eigenvalue weighted by Gasteiger charge is -1.91. The molecule has 0 aliphatic carbocycles. The van der Waals surface area contributed by atoms with E-state index in [0.29, 0.717) is 0 Å². The first kappa shape index (κ1) is 11.2. The molecule has 0 atom stereocenters. The predicted molar refractivity (Wildman–Crippen MR) is 45.1 cm³/mol. The Morgan fingerprint density at radius 2 is 1.92 bits per heavy atom. The molecule has 0 aliphatic heterocycles. The number of aromatic amines is 1. The van der Waals surface area contributed by atoms with Gasteiger partial charge in [-0.05, 0) is 19.1 Å². The highest BCUT2D eigenvalue weighted by Gasteiger charge is 2.09. The van der Waals surface area contributed by atoms with Crippen LogP contribution in [0.2, 0.25) is 0 Å². The van der Waals surface area contributed by atoms with Crippen molar-refractivity contribution in [3.8, 4) is 0 Å². The molecule has 13 heavy (non-hydrogen) atoms. The second-order valence-electron chi connectivity index (χ2n) is 1.91. The lowest BCUT2D eigenvalue weighted by molar-refractivity contribution is -0.163. The maximum atomic E-state index is 9.92. The molecule has 1 heterocycles. The van der Waals surface area contributed by atoms with Crippen molar-refractivity contribution in [2.75, 3.05) is 6.61 Å². The molecular weight excluding hydrogens is 174 g/mol. The average Bonchev–Trinajstić information content (AvgIpc) is 2.61. The average molecular weight is 185 g/mol. The normalized spacial score (nSPS) is 8.08. The van der Waals surface area contributed by atoms with E-state index in [1.165, 1.54) is 0 Å². The Morgan fingerprint density at radius 3 is 2.08 bits per heavy atom. The van der Waals surface area contributed by atoms with Crippen molar-refractivity contribution in [3.05, 3.63) is 24.5 Å². The van der Waals surface area contributed by atoms with Crippen molar-refractivity contribution in [3.63, 3.8) is 0 Å². The fraction of sp³-hybridized carbons (Fsp3) is 0.250. The van der Waals surface area contributed by atoms with Gasteiger partial charge in [-0.1, -0.05) is 0 Å². The van der Waals surface area contributed by atoms with Crippen LogP contribution in [0, 0.1) is 0 Å². The van der Waals surface area contributed by atoms with Crippen molar-refractivity contribution >= 4 is 11.9 Å². The first-order chi connectivity index (χ1) is 6.18. The van der Waals surface area contributed by atoms with Gasteiger partial charge >= 0.3 is 11.9 Å². The summed E-state index contributed by atoms with van der Waals surface area (Å²) in [6.07, 6.45) is 3.75. The van der Waals surface area contributed by atoms with Crippen LogP contribution in [0.3, 0.4) is 0 Å².